The van der Waals surface area contributed by atoms with Crippen LogP contribution in [0.1, 0.15) is 31.8 Å². The van der Waals surface area contributed by atoms with Gasteiger partial charge >= 0.3 is 5.97 Å². The van der Waals surface area contributed by atoms with E-state index in [0.717, 1.165) is 6.07 Å². The van der Waals surface area contributed by atoms with Gasteiger partial charge in [-0.3, -0.25) is 9.59 Å². The molecule has 5 atom stereocenters. The number of ether oxygens (including phenoxy) is 2. The Hall–Kier alpha value is -3.31. The molecule has 2 aromatic carbocycles. The highest BCUT2D eigenvalue weighted by Gasteiger charge is 2.48. The van der Waals surface area contributed by atoms with Gasteiger partial charge in [0.1, 0.15) is 18.3 Å². The Labute approximate surface area is 168 Å². The molecular formula is C20H16O10. The van der Waals surface area contributed by atoms with E-state index in [-0.39, 0.29) is 28.0 Å². The Morgan fingerprint density at radius 1 is 0.867 bits per heavy atom. The lowest BCUT2D eigenvalue weighted by Crippen LogP contribution is -2.61. The normalized spacial score (nSPS) is 27.9. The molecule has 5 N–H and O–H groups in total. The van der Waals surface area contributed by atoms with Crippen LogP contribution in [0.5, 0.6) is 11.5 Å². The standard InChI is InChI=1S/C20H16O10/c21-12-7-3-1-2-4-8(7)13(22)11-9(12)5-6-10(14(11)23)29-20-17(26)15(24)16(25)18(30-20)19(27)28/h1-6,15-18,20,23-26H,(H,27,28)/t15-,16-,17+,18-,20+/m0/s1. The highest BCUT2D eigenvalue weighted by Crippen LogP contribution is 2.39. The van der Waals surface area contributed by atoms with Crippen LogP contribution in [0.25, 0.3) is 0 Å². The minimum atomic E-state index is -1.91. The number of phenols is 1. The summed E-state index contributed by atoms with van der Waals surface area (Å²) in [4.78, 5) is 36.7. The maximum Gasteiger partial charge on any atom is 0.335 e. The van der Waals surface area contributed by atoms with E-state index in [9.17, 15) is 34.8 Å². The molecule has 156 valence electrons. The highest BCUT2D eigenvalue weighted by molar-refractivity contribution is 6.29. The number of ketones is 2. The molecule has 1 fully saturated rings. The Bertz CT molecular complexity index is 1060. The van der Waals surface area contributed by atoms with Crippen molar-refractivity contribution in [1.29, 1.82) is 0 Å². The van der Waals surface area contributed by atoms with Gasteiger partial charge in [-0.2, -0.15) is 0 Å². The Balaban J connectivity index is 1.70. The van der Waals surface area contributed by atoms with Crippen LogP contribution in [-0.2, 0) is 9.53 Å². The lowest BCUT2D eigenvalue weighted by Gasteiger charge is -2.38. The van der Waals surface area contributed by atoms with E-state index in [2.05, 4.69) is 0 Å². The number of carboxylic acid groups (broad SMARTS) is 1. The second-order valence-electron chi connectivity index (χ2n) is 6.89. The zero-order valence-electron chi connectivity index (χ0n) is 15.1. The number of rotatable bonds is 3. The van der Waals surface area contributed by atoms with Gasteiger partial charge in [0.15, 0.2) is 29.2 Å². The first-order valence-corrected chi connectivity index (χ1v) is 8.86. The molecular weight excluding hydrogens is 400 g/mol. The first-order valence-electron chi connectivity index (χ1n) is 8.86. The smallest absolute Gasteiger partial charge is 0.335 e. The quantitative estimate of drug-likeness (QED) is 0.373. The number of hydrogen-bond acceptors (Lipinski definition) is 9. The second-order valence-corrected chi connectivity index (χ2v) is 6.89. The van der Waals surface area contributed by atoms with Crippen molar-refractivity contribution in [3.63, 3.8) is 0 Å². The van der Waals surface area contributed by atoms with Crippen molar-refractivity contribution >= 4 is 17.5 Å². The average molecular weight is 416 g/mol. The zero-order valence-corrected chi connectivity index (χ0v) is 15.1. The Morgan fingerprint density at radius 2 is 1.50 bits per heavy atom. The fraction of sp³-hybridized carbons (Fsp3) is 0.250. The molecule has 1 aliphatic carbocycles. The van der Waals surface area contributed by atoms with Gasteiger partial charge in [0.2, 0.25) is 6.29 Å². The molecule has 1 saturated heterocycles. The molecule has 1 aliphatic heterocycles. The fourth-order valence-corrected chi connectivity index (χ4v) is 3.52. The van der Waals surface area contributed by atoms with Gasteiger partial charge in [-0.05, 0) is 12.1 Å². The van der Waals surface area contributed by atoms with E-state index in [0.29, 0.717) is 0 Å². The summed E-state index contributed by atoms with van der Waals surface area (Å²) < 4.78 is 10.3. The third-order valence-corrected chi connectivity index (χ3v) is 5.09. The van der Waals surface area contributed by atoms with Crippen LogP contribution < -0.4 is 4.74 Å². The largest absolute Gasteiger partial charge is 0.504 e. The molecule has 10 heteroatoms. The number of aliphatic carboxylic acids is 1. The van der Waals surface area contributed by atoms with Gasteiger partial charge in [-0.1, -0.05) is 24.3 Å². The highest BCUT2D eigenvalue weighted by atomic mass is 16.7. The van der Waals surface area contributed by atoms with Gasteiger partial charge in [0, 0.05) is 16.7 Å². The fourth-order valence-electron chi connectivity index (χ4n) is 3.52. The Morgan fingerprint density at radius 3 is 2.13 bits per heavy atom. The third-order valence-electron chi connectivity index (χ3n) is 5.09. The van der Waals surface area contributed by atoms with Crippen molar-refractivity contribution in [3.8, 4) is 11.5 Å². The molecule has 0 radical (unpaired) electrons. The molecule has 4 rings (SSSR count). The van der Waals surface area contributed by atoms with Crippen LogP contribution in [0.2, 0.25) is 0 Å². The number of benzene rings is 2. The molecule has 0 unspecified atom stereocenters. The first kappa shape index (κ1) is 20.0. The molecule has 30 heavy (non-hydrogen) atoms. The number of carboxylic acids is 1. The zero-order chi connectivity index (χ0) is 21.7. The van der Waals surface area contributed by atoms with E-state index >= 15 is 0 Å². The van der Waals surface area contributed by atoms with Crippen molar-refractivity contribution in [2.24, 2.45) is 0 Å². The van der Waals surface area contributed by atoms with Crippen LogP contribution in [0.3, 0.4) is 0 Å². The van der Waals surface area contributed by atoms with Gasteiger partial charge in [0.05, 0.1) is 5.56 Å². The van der Waals surface area contributed by atoms with Crippen LogP contribution in [0, 0.1) is 0 Å². The summed E-state index contributed by atoms with van der Waals surface area (Å²) in [7, 11) is 0. The van der Waals surface area contributed by atoms with E-state index in [1.165, 1.54) is 18.2 Å². The summed E-state index contributed by atoms with van der Waals surface area (Å²) in [5, 5.41) is 49.4. The number of aromatic hydroxyl groups is 1. The Kier molecular flexibility index (Phi) is 4.79. The van der Waals surface area contributed by atoms with Crippen LogP contribution >= 0.6 is 0 Å². The van der Waals surface area contributed by atoms with Crippen LogP contribution in [0.15, 0.2) is 36.4 Å². The van der Waals surface area contributed by atoms with Gasteiger partial charge < -0.3 is 35.0 Å². The maximum absolute atomic E-state index is 12.8. The number of aliphatic hydroxyl groups is 3. The minimum absolute atomic E-state index is 0.0486. The van der Waals surface area contributed by atoms with Gasteiger partial charge in [-0.25, -0.2) is 4.79 Å². The number of hydrogen-bond donors (Lipinski definition) is 5. The monoisotopic (exact) mass is 416 g/mol. The predicted molar refractivity (Wildman–Crippen MR) is 96.4 cm³/mol. The molecule has 0 aromatic heterocycles. The van der Waals surface area contributed by atoms with Gasteiger partial charge in [0.25, 0.3) is 0 Å². The molecule has 0 bridgehead atoms. The number of carbonyl (C=O) groups excluding carboxylic acids is 2. The molecule has 0 saturated carbocycles. The van der Waals surface area contributed by atoms with Crippen molar-refractivity contribution in [2.75, 3.05) is 0 Å². The second kappa shape index (κ2) is 7.18. The molecule has 1 heterocycles. The lowest BCUT2D eigenvalue weighted by atomic mass is 9.83. The summed E-state index contributed by atoms with van der Waals surface area (Å²) in [5.41, 5.74) is -0.0687. The van der Waals surface area contributed by atoms with Crippen molar-refractivity contribution in [3.05, 3.63) is 58.7 Å². The maximum atomic E-state index is 12.8. The summed E-state index contributed by atoms with van der Waals surface area (Å²) in [6.07, 6.45) is -9.35. The van der Waals surface area contributed by atoms with E-state index in [1.807, 2.05) is 0 Å². The molecule has 10 nitrogen and oxygen atoms in total. The molecule has 0 amide bonds. The number of carbonyl (C=O) groups is 3. The van der Waals surface area contributed by atoms with Crippen LogP contribution in [-0.4, -0.2) is 73.8 Å². The molecule has 2 aromatic rings. The SMILES string of the molecule is O=C1c2ccccc2C(=O)c2c1ccc(O[C@@H]1O[C@H](C(=O)O)[C@@H](O)[C@H](O)[C@H]1O)c2O. The van der Waals surface area contributed by atoms with E-state index in [4.69, 9.17) is 14.6 Å². The van der Waals surface area contributed by atoms with Crippen molar-refractivity contribution < 1.29 is 49.4 Å². The van der Waals surface area contributed by atoms with Crippen LogP contribution in [0.4, 0.5) is 0 Å². The minimum Gasteiger partial charge on any atom is -0.504 e. The molecule has 2 aliphatic rings. The van der Waals surface area contributed by atoms with E-state index in [1.54, 1.807) is 12.1 Å². The number of phenolic OH excluding ortho intramolecular Hbond substituents is 1. The average Bonchev–Trinajstić information content (AvgIpc) is 2.73. The summed E-state index contributed by atoms with van der Waals surface area (Å²) in [6.45, 7) is 0. The number of aliphatic hydroxyl groups excluding tert-OH is 3. The summed E-state index contributed by atoms with van der Waals surface area (Å²) in [5.74, 6) is -3.78. The lowest BCUT2D eigenvalue weighted by molar-refractivity contribution is -0.271. The van der Waals surface area contributed by atoms with E-state index < -0.39 is 54.0 Å². The molecule has 0 spiro atoms. The summed E-state index contributed by atoms with van der Waals surface area (Å²) in [6, 6.07) is 8.50. The number of fused-ring (bicyclic) bond motifs is 2. The topological polar surface area (TPSA) is 171 Å². The van der Waals surface area contributed by atoms with Crippen molar-refractivity contribution in [1.82, 2.24) is 0 Å². The first-order chi connectivity index (χ1) is 14.2. The van der Waals surface area contributed by atoms with Crippen molar-refractivity contribution in [2.45, 2.75) is 30.7 Å². The predicted octanol–water partition coefficient (Wildman–Crippen LogP) is -0.561. The van der Waals surface area contributed by atoms with Gasteiger partial charge in [-0.15, -0.1) is 0 Å². The third kappa shape index (κ3) is 2.94. The summed E-state index contributed by atoms with van der Waals surface area (Å²) >= 11 is 0.